The van der Waals surface area contributed by atoms with Gasteiger partial charge in [-0.3, -0.25) is 4.79 Å². The summed E-state index contributed by atoms with van der Waals surface area (Å²) in [6.45, 7) is -0.373. The number of nitrogens with zero attached hydrogens (tertiary/aromatic N) is 1. The molecule has 0 radical (unpaired) electrons. The van der Waals surface area contributed by atoms with Crippen molar-refractivity contribution in [2.45, 2.75) is 6.04 Å². The number of nitrogens with one attached hydrogen (secondary N) is 1. The number of rotatable bonds is 6. The van der Waals surface area contributed by atoms with Crippen molar-refractivity contribution < 1.29 is 14.3 Å². The maximum Gasteiger partial charge on any atom is 0.357 e. The zero-order valence-electron chi connectivity index (χ0n) is 15.4. The highest BCUT2D eigenvalue weighted by molar-refractivity contribution is 7.10. The Morgan fingerprint density at radius 3 is 2.52 bits per heavy atom. The maximum atomic E-state index is 12.5. The van der Waals surface area contributed by atoms with Crippen molar-refractivity contribution in [1.82, 2.24) is 10.3 Å². The van der Waals surface area contributed by atoms with Crippen LogP contribution in [0.2, 0.25) is 0 Å². The Bertz CT molecular complexity index is 1130. The van der Waals surface area contributed by atoms with Crippen LogP contribution < -0.4 is 5.32 Å². The van der Waals surface area contributed by atoms with Gasteiger partial charge >= 0.3 is 5.97 Å². The molecule has 144 valence electrons. The predicted molar refractivity (Wildman–Crippen MR) is 113 cm³/mol. The molecule has 1 N–H and O–H groups in total. The number of carbonyl (C=O) groups excluding carboxylic acids is 2. The van der Waals surface area contributed by atoms with E-state index in [1.807, 2.05) is 72.1 Å². The molecule has 4 aromatic rings. The molecule has 0 unspecified atom stereocenters. The van der Waals surface area contributed by atoms with Crippen molar-refractivity contribution in [1.29, 1.82) is 0 Å². The summed E-state index contributed by atoms with van der Waals surface area (Å²) in [7, 11) is 0. The van der Waals surface area contributed by atoms with Crippen molar-refractivity contribution in [3.05, 3.63) is 100 Å². The minimum Gasteiger partial charge on any atom is -0.451 e. The Kier molecular flexibility index (Phi) is 5.63. The van der Waals surface area contributed by atoms with Gasteiger partial charge in [0, 0.05) is 10.3 Å². The number of para-hydroxylation sites is 1. The number of amides is 1. The molecular weight excluding hydrogens is 384 g/mol. The second-order valence-electron chi connectivity index (χ2n) is 6.39. The Labute approximate surface area is 172 Å². The number of pyridine rings is 1. The summed E-state index contributed by atoms with van der Waals surface area (Å²) < 4.78 is 5.18. The topological polar surface area (TPSA) is 68.3 Å². The van der Waals surface area contributed by atoms with Crippen molar-refractivity contribution in [2.75, 3.05) is 6.61 Å². The SMILES string of the molecule is O=C(COC(=O)c1ccc2ccccc2n1)N[C@H](c1ccccc1)c1cccs1. The average molecular weight is 402 g/mol. The van der Waals surface area contributed by atoms with E-state index in [1.165, 1.54) is 0 Å². The van der Waals surface area contributed by atoms with Crippen LogP contribution in [0.5, 0.6) is 0 Å². The number of esters is 1. The monoisotopic (exact) mass is 402 g/mol. The number of fused-ring (bicyclic) bond motifs is 1. The highest BCUT2D eigenvalue weighted by Crippen LogP contribution is 2.25. The van der Waals surface area contributed by atoms with E-state index in [0.717, 1.165) is 15.8 Å². The van der Waals surface area contributed by atoms with Gasteiger partial charge in [-0.25, -0.2) is 9.78 Å². The maximum absolute atomic E-state index is 12.5. The van der Waals surface area contributed by atoms with Crippen molar-refractivity contribution in [3.8, 4) is 0 Å². The fraction of sp³-hybridized carbons (Fsp3) is 0.0870. The van der Waals surface area contributed by atoms with Crippen LogP contribution in [-0.4, -0.2) is 23.5 Å². The molecule has 0 saturated carbocycles. The van der Waals surface area contributed by atoms with Gasteiger partial charge in [0.25, 0.3) is 5.91 Å². The van der Waals surface area contributed by atoms with Gasteiger partial charge < -0.3 is 10.1 Å². The van der Waals surface area contributed by atoms with Crippen LogP contribution in [0.15, 0.2) is 84.2 Å². The van der Waals surface area contributed by atoms with Gasteiger partial charge in [-0.05, 0) is 29.1 Å². The molecule has 2 aromatic carbocycles. The van der Waals surface area contributed by atoms with Crippen molar-refractivity contribution in [2.24, 2.45) is 0 Å². The quantitative estimate of drug-likeness (QED) is 0.487. The minimum absolute atomic E-state index is 0.175. The van der Waals surface area contributed by atoms with Gasteiger partial charge in [-0.15, -0.1) is 11.3 Å². The van der Waals surface area contributed by atoms with Gasteiger partial charge in [0.1, 0.15) is 5.69 Å². The van der Waals surface area contributed by atoms with E-state index in [4.69, 9.17) is 4.74 Å². The van der Waals surface area contributed by atoms with Crippen LogP contribution >= 0.6 is 11.3 Å². The average Bonchev–Trinajstić information content (AvgIpc) is 3.30. The lowest BCUT2D eigenvalue weighted by molar-refractivity contribution is -0.124. The molecule has 0 saturated heterocycles. The van der Waals surface area contributed by atoms with E-state index >= 15 is 0 Å². The largest absolute Gasteiger partial charge is 0.451 e. The molecule has 0 fully saturated rings. The fourth-order valence-electron chi connectivity index (χ4n) is 3.01. The van der Waals surface area contributed by atoms with Crippen LogP contribution in [0.1, 0.15) is 27.0 Å². The highest BCUT2D eigenvalue weighted by Gasteiger charge is 2.19. The first-order valence-corrected chi connectivity index (χ1v) is 9.99. The van der Waals surface area contributed by atoms with E-state index in [2.05, 4.69) is 10.3 Å². The van der Waals surface area contributed by atoms with Crippen LogP contribution in [-0.2, 0) is 9.53 Å². The standard InChI is InChI=1S/C23H18N2O3S/c26-21(25-22(20-11-6-14-29-20)17-8-2-1-3-9-17)15-28-23(27)19-13-12-16-7-4-5-10-18(16)24-19/h1-14,22H,15H2,(H,25,26)/t22-/m1/s1. The molecule has 0 bridgehead atoms. The molecule has 1 amide bonds. The van der Waals surface area contributed by atoms with Gasteiger partial charge in [0.15, 0.2) is 6.61 Å². The third kappa shape index (κ3) is 4.50. The van der Waals surface area contributed by atoms with Crippen molar-refractivity contribution in [3.63, 3.8) is 0 Å². The second-order valence-corrected chi connectivity index (χ2v) is 7.37. The Balaban J connectivity index is 1.42. The predicted octanol–water partition coefficient (Wildman–Crippen LogP) is 4.36. The summed E-state index contributed by atoms with van der Waals surface area (Å²) in [5.74, 6) is -1.00. The molecule has 4 rings (SSSR count). The molecule has 0 aliphatic carbocycles. The van der Waals surface area contributed by atoms with Crippen LogP contribution in [0.25, 0.3) is 10.9 Å². The molecular formula is C23H18N2O3S. The molecule has 6 heteroatoms. The lowest BCUT2D eigenvalue weighted by Gasteiger charge is -2.18. The van der Waals surface area contributed by atoms with E-state index < -0.39 is 5.97 Å². The number of aromatic nitrogens is 1. The lowest BCUT2D eigenvalue weighted by atomic mass is 10.1. The lowest BCUT2D eigenvalue weighted by Crippen LogP contribution is -2.32. The van der Waals surface area contributed by atoms with E-state index in [0.29, 0.717) is 5.52 Å². The highest BCUT2D eigenvalue weighted by atomic mass is 32.1. The molecule has 2 aromatic heterocycles. The third-order valence-electron chi connectivity index (χ3n) is 4.41. The summed E-state index contributed by atoms with van der Waals surface area (Å²) in [5, 5.41) is 5.84. The van der Waals surface area contributed by atoms with Crippen molar-refractivity contribution >= 4 is 34.1 Å². The minimum atomic E-state index is -0.627. The Morgan fingerprint density at radius 2 is 1.72 bits per heavy atom. The summed E-state index contributed by atoms with van der Waals surface area (Å²) in [6, 6.07) is 24.2. The number of hydrogen-bond acceptors (Lipinski definition) is 5. The zero-order chi connectivity index (χ0) is 20.1. The van der Waals surface area contributed by atoms with Crippen LogP contribution in [0.3, 0.4) is 0 Å². The molecule has 0 aliphatic heterocycles. The molecule has 29 heavy (non-hydrogen) atoms. The molecule has 5 nitrogen and oxygen atoms in total. The van der Waals surface area contributed by atoms with Crippen LogP contribution in [0.4, 0.5) is 0 Å². The molecule has 2 heterocycles. The number of benzene rings is 2. The number of ether oxygens (including phenoxy) is 1. The number of thiophene rings is 1. The normalized spacial score (nSPS) is 11.7. The molecule has 0 spiro atoms. The fourth-order valence-corrected chi connectivity index (χ4v) is 3.81. The number of hydrogen-bond donors (Lipinski definition) is 1. The summed E-state index contributed by atoms with van der Waals surface area (Å²) >= 11 is 1.56. The first-order valence-electron chi connectivity index (χ1n) is 9.11. The van der Waals surface area contributed by atoms with Gasteiger partial charge in [0.2, 0.25) is 0 Å². The van der Waals surface area contributed by atoms with E-state index in [9.17, 15) is 9.59 Å². The first-order chi connectivity index (χ1) is 14.2. The zero-order valence-corrected chi connectivity index (χ0v) is 16.3. The van der Waals surface area contributed by atoms with Gasteiger partial charge in [0.05, 0.1) is 11.6 Å². The van der Waals surface area contributed by atoms with Gasteiger partial charge in [-0.1, -0.05) is 60.7 Å². The number of carbonyl (C=O) groups is 2. The summed E-state index contributed by atoms with van der Waals surface area (Å²) in [4.78, 5) is 30.1. The summed E-state index contributed by atoms with van der Waals surface area (Å²) in [6.07, 6.45) is 0. The smallest absolute Gasteiger partial charge is 0.357 e. The first kappa shape index (κ1) is 18.8. The van der Waals surface area contributed by atoms with E-state index in [1.54, 1.807) is 23.5 Å². The Hall–Kier alpha value is -3.51. The Morgan fingerprint density at radius 1 is 0.931 bits per heavy atom. The summed E-state index contributed by atoms with van der Waals surface area (Å²) in [5.41, 5.74) is 1.84. The molecule has 0 aliphatic rings. The second kappa shape index (κ2) is 8.67. The van der Waals surface area contributed by atoms with Gasteiger partial charge in [-0.2, -0.15) is 0 Å². The molecule has 1 atom stereocenters. The van der Waals surface area contributed by atoms with Crippen LogP contribution in [0, 0.1) is 0 Å². The third-order valence-corrected chi connectivity index (χ3v) is 5.35. The van der Waals surface area contributed by atoms with E-state index in [-0.39, 0.29) is 24.2 Å².